The summed E-state index contributed by atoms with van der Waals surface area (Å²) in [5.41, 5.74) is 1.45. The molecule has 0 spiro atoms. The van der Waals surface area contributed by atoms with Crippen molar-refractivity contribution in [2.24, 2.45) is 0 Å². The highest BCUT2D eigenvalue weighted by molar-refractivity contribution is 6.31. The van der Waals surface area contributed by atoms with Crippen molar-refractivity contribution in [3.63, 3.8) is 0 Å². The summed E-state index contributed by atoms with van der Waals surface area (Å²) >= 11 is 6.01. The molecule has 1 unspecified atom stereocenters. The average Bonchev–Trinajstić information content (AvgIpc) is 3.66. The van der Waals surface area contributed by atoms with Gasteiger partial charge in [-0.05, 0) is 46.3 Å². The van der Waals surface area contributed by atoms with E-state index in [2.05, 4.69) is 25.6 Å². The van der Waals surface area contributed by atoms with Gasteiger partial charge in [0.1, 0.15) is 6.33 Å². The minimum atomic E-state index is -5.13. The van der Waals surface area contributed by atoms with Crippen molar-refractivity contribution < 1.29 is 27.1 Å². The van der Waals surface area contributed by atoms with Gasteiger partial charge in [0, 0.05) is 37.3 Å². The Balaban J connectivity index is 1.58. The fourth-order valence-corrected chi connectivity index (χ4v) is 4.41. The average molecular weight is 588 g/mol. The zero-order valence-corrected chi connectivity index (χ0v) is 21.7. The van der Waals surface area contributed by atoms with E-state index in [1.54, 1.807) is 24.5 Å². The lowest BCUT2D eigenvalue weighted by atomic mass is 10.0. The Bertz CT molecular complexity index is 1700. The van der Waals surface area contributed by atoms with Crippen LogP contribution in [0, 0.1) is 11.0 Å². The van der Waals surface area contributed by atoms with E-state index in [1.165, 1.54) is 52.4 Å². The molecule has 5 rings (SSSR count). The van der Waals surface area contributed by atoms with Gasteiger partial charge in [0.2, 0.25) is 5.69 Å². The van der Waals surface area contributed by atoms with E-state index in [1.807, 2.05) is 0 Å². The van der Waals surface area contributed by atoms with Crippen molar-refractivity contribution in [1.29, 1.82) is 0 Å². The number of likely N-dealkylation sites (N-methyl/N-ethyl adjacent to an activating group) is 1. The molecular formula is C25H18ClF4N9O2. The summed E-state index contributed by atoms with van der Waals surface area (Å²) in [6.07, 6.45) is 3.27. The summed E-state index contributed by atoms with van der Waals surface area (Å²) in [7, 11) is 0.972. The van der Waals surface area contributed by atoms with Gasteiger partial charge in [-0.1, -0.05) is 11.6 Å². The Morgan fingerprint density at radius 3 is 2.54 bits per heavy atom. The molecule has 0 fully saturated rings. The topological polar surface area (TPSA) is 122 Å². The molecule has 0 aliphatic carbocycles. The Morgan fingerprint density at radius 2 is 1.88 bits per heavy atom. The van der Waals surface area contributed by atoms with Crippen molar-refractivity contribution in [2.75, 3.05) is 13.6 Å². The molecular weight excluding hydrogens is 570 g/mol. The van der Waals surface area contributed by atoms with Gasteiger partial charge < -0.3 is 10.1 Å². The number of carbonyl (C=O) groups is 1. The van der Waals surface area contributed by atoms with E-state index in [4.69, 9.17) is 11.6 Å². The second kappa shape index (κ2) is 10.9. The predicted octanol–water partition coefficient (Wildman–Crippen LogP) is 3.62. The molecule has 16 heteroatoms. The Labute approximate surface area is 233 Å². The lowest BCUT2D eigenvalue weighted by molar-refractivity contribution is -0.615. The van der Waals surface area contributed by atoms with E-state index in [0.717, 1.165) is 18.8 Å². The smallest absolute Gasteiger partial charge is 0.471 e. The van der Waals surface area contributed by atoms with Crippen LogP contribution in [0.15, 0.2) is 73.7 Å². The predicted molar refractivity (Wildman–Crippen MR) is 136 cm³/mol. The van der Waals surface area contributed by atoms with Gasteiger partial charge in [0.15, 0.2) is 18.1 Å². The van der Waals surface area contributed by atoms with Gasteiger partial charge in [-0.2, -0.15) is 27.7 Å². The summed E-state index contributed by atoms with van der Waals surface area (Å²) in [5.74, 6) is -2.93. The Kier molecular flexibility index (Phi) is 7.36. The molecule has 210 valence electrons. The minimum Gasteiger partial charge on any atom is -0.618 e. The number of carbonyl (C=O) groups excluding carboxylic acids is 1. The van der Waals surface area contributed by atoms with Crippen LogP contribution < -0.4 is 4.73 Å². The van der Waals surface area contributed by atoms with Crippen molar-refractivity contribution in [1.82, 2.24) is 39.9 Å². The number of halogens is 5. The lowest BCUT2D eigenvalue weighted by Gasteiger charge is -2.24. The summed E-state index contributed by atoms with van der Waals surface area (Å²) in [6, 6.07) is 7.75. The molecule has 11 nitrogen and oxygen atoms in total. The first-order valence-electron chi connectivity index (χ1n) is 11.8. The van der Waals surface area contributed by atoms with E-state index in [9.17, 15) is 23.2 Å². The monoisotopic (exact) mass is 587 g/mol. The first-order valence-corrected chi connectivity index (χ1v) is 12.1. The van der Waals surface area contributed by atoms with E-state index >= 15 is 4.39 Å². The zero-order chi connectivity index (χ0) is 29.3. The molecule has 1 amide bonds. The molecule has 0 saturated carbocycles. The highest BCUT2D eigenvalue weighted by Gasteiger charge is 2.42. The summed E-state index contributed by atoms with van der Waals surface area (Å²) in [5, 5.41) is 28.3. The molecule has 0 saturated heterocycles. The van der Waals surface area contributed by atoms with Crippen molar-refractivity contribution in [3.05, 3.63) is 95.5 Å². The first kappa shape index (κ1) is 27.6. The lowest BCUT2D eigenvalue weighted by Crippen LogP contribution is -2.44. The SMILES string of the molecule is CN(CC(c1ccc(-c2c(-n3cnnn3)ccc(Cl)c2F)c[n+]1[O-])n1cc(-c2ccncc2)cn1)C(=O)C(F)(F)F. The Hall–Kier alpha value is -4.92. The van der Waals surface area contributed by atoms with Crippen LogP contribution in [0.5, 0.6) is 0 Å². The quantitative estimate of drug-likeness (QED) is 0.162. The number of amides is 1. The largest absolute Gasteiger partial charge is 0.618 e. The number of hydrogen-bond donors (Lipinski definition) is 0. The number of nitrogens with zero attached hydrogens (tertiary/aromatic N) is 9. The molecule has 1 atom stereocenters. The van der Waals surface area contributed by atoms with Gasteiger partial charge in [-0.15, -0.1) is 5.10 Å². The minimum absolute atomic E-state index is 0.0636. The molecule has 0 bridgehead atoms. The van der Waals surface area contributed by atoms with E-state index in [-0.39, 0.29) is 27.5 Å². The number of aromatic nitrogens is 8. The molecule has 1 aromatic carbocycles. The molecule has 0 N–H and O–H groups in total. The molecule has 41 heavy (non-hydrogen) atoms. The number of pyridine rings is 2. The number of benzene rings is 1. The normalized spacial score (nSPS) is 12.3. The maximum absolute atomic E-state index is 15.2. The first-order chi connectivity index (χ1) is 19.5. The van der Waals surface area contributed by atoms with Crippen molar-refractivity contribution in [3.8, 4) is 27.9 Å². The van der Waals surface area contributed by atoms with Gasteiger partial charge >= 0.3 is 12.1 Å². The van der Waals surface area contributed by atoms with Crippen LogP contribution in [0.4, 0.5) is 17.6 Å². The van der Waals surface area contributed by atoms with E-state index < -0.39 is 30.5 Å². The zero-order valence-electron chi connectivity index (χ0n) is 20.9. The van der Waals surface area contributed by atoms with Crippen LogP contribution in [-0.2, 0) is 4.79 Å². The Morgan fingerprint density at radius 1 is 1.12 bits per heavy atom. The molecule has 0 aliphatic rings. The van der Waals surface area contributed by atoms with Crippen LogP contribution in [-0.4, -0.2) is 65.5 Å². The highest BCUT2D eigenvalue weighted by atomic mass is 35.5. The van der Waals surface area contributed by atoms with Crippen LogP contribution in [0.1, 0.15) is 11.7 Å². The van der Waals surface area contributed by atoms with Crippen LogP contribution in [0.2, 0.25) is 5.02 Å². The van der Waals surface area contributed by atoms with Crippen molar-refractivity contribution >= 4 is 17.5 Å². The third-order valence-corrected chi connectivity index (χ3v) is 6.51. The van der Waals surface area contributed by atoms with Gasteiger partial charge in [-0.3, -0.25) is 14.5 Å². The summed E-state index contributed by atoms with van der Waals surface area (Å²) < 4.78 is 57.6. The van der Waals surface area contributed by atoms with Gasteiger partial charge in [0.05, 0.1) is 34.6 Å². The molecule has 4 aromatic heterocycles. The number of alkyl halides is 3. The third-order valence-electron chi connectivity index (χ3n) is 6.21. The highest BCUT2D eigenvalue weighted by Crippen LogP contribution is 2.33. The third kappa shape index (κ3) is 5.56. The number of hydrogen-bond acceptors (Lipinski definition) is 7. The van der Waals surface area contributed by atoms with Crippen LogP contribution in [0.25, 0.3) is 27.9 Å². The fourth-order valence-electron chi connectivity index (χ4n) is 4.25. The molecule has 4 heterocycles. The van der Waals surface area contributed by atoms with Crippen LogP contribution in [0.3, 0.4) is 0 Å². The second-order valence-electron chi connectivity index (χ2n) is 8.82. The molecule has 5 aromatic rings. The van der Waals surface area contributed by atoms with Crippen LogP contribution >= 0.6 is 11.6 Å². The van der Waals surface area contributed by atoms with Gasteiger partial charge in [-0.25, -0.2) is 4.39 Å². The number of rotatable bonds is 7. The van der Waals surface area contributed by atoms with Gasteiger partial charge in [0.25, 0.3) is 0 Å². The molecule has 0 radical (unpaired) electrons. The maximum atomic E-state index is 15.2. The maximum Gasteiger partial charge on any atom is 0.471 e. The fraction of sp³-hybridized carbons (Fsp3) is 0.160. The second-order valence-corrected chi connectivity index (χ2v) is 9.23. The summed E-state index contributed by atoms with van der Waals surface area (Å²) in [6.45, 7) is -0.557. The molecule has 0 aliphatic heterocycles. The van der Waals surface area contributed by atoms with E-state index in [0.29, 0.717) is 15.2 Å². The number of tetrazole rings is 1. The van der Waals surface area contributed by atoms with Crippen molar-refractivity contribution in [2.45, 2.75) is 12.2 Å². The standard InChI is InChI=1S/C25H18ClF4N9O2/c1-36(24(40)25(28,29)30)13-21(37-11-17(10-33-37)15-6-8-31-9-7-15)19-4-2-16(12-39(19)41)22-20(38-14-32-34-35-38)5-3-18(26)23(22)27/h2-12,14,21H,13H2,1H3. The summed E-state index contributed by atoms with van der Waals surface area (Å²) in [4.78, 5) is 16.3.